The Morgan fingerprint density at radius 3 is 2.34 bits per heavy atom. The van der Waals surface area contributed by atoms with E-state index in [4.69, 9.17) is 5.73 Å². The van der Waals surface area contributed by atoms with Gasteiger partial charge >= 0.3 is 0 Å². The quantitative estimate of drug-likeness (QED) is 0.699. The lowest BCUT2D eigenvalue weighted by Crippen LogP contribution is -2.32. The zero-order valence-electron chi connectivity index (χ0n) is 17.8. The summed E-state index contributed by atoms with van der Waals surface area (Å²) >= 11 is 0. The van der Waals surface area contributed by atoms with E-state index < -0.39 is 10.8 Å². The molecule has 2 aliphatic rings. The van der Waals surface area contributed by atoms with Gasteiger partial charge in [0.15, 0.2) is 0 Å². The van der Waals surface area contributed by atoms with Crippen molar-refractivity contribution < 1.29 is 9.00 Å². The number of nitrogens with one attached hydrogen (secondary N) is 2. The maximum atomic E-state index is 11.9. The first-order valence-corrected chi connectivity index (χ1v) is 11.7. The van der Waals surface area contributed by atoms with Gasteiger partial charge in [0.25, 0.3) is 5.91 Å². The molecule has 2 fully saturated rings. The number of anilines is 1. The summed E-state index contributed by atoms with van der Waals surface area (Å²) in [5.41, 5.74) is 10.5. The van der Waals surface area contributed by atoms with E-state index >= 15 is 0 Å². The number of rotatable bonds is 2. The fourth-order valence-electron chi connectivity index (χ4n) is 3.44. The minimum atomic E-state index is -0.503. The third kappa shape index (κ3) is 5.34. The van der Waals surface area contributed by atoms with Crippen molar-refractivity contribution in [2.75, 3.05) is 37.4 Å². The van der Waals surface area contributed by atoms with E-state index in [0.29, 0.717) is 17.3 Å². The highest BCUT2D eigenvalue weighted by Gasteiger charge is 2.28. The fourth-order valence-corrected chi connectivity index (χ4v) is 4.39. The summed E-state index contributed by atoms with van der Waals surface area (Å²) in [6, 6.07) is 6.07. The number of pyridine rings is 1. The predicted molar refractivity (Wildman–Crippen MR) is 121 cm³/mol. The van der Waals surface area contributed by atoms with Gasteiger partial charge in [-0.1, -0.05) is 26.8 Å². The number of fused-ring (bicyclic) bond motifs is 1. The van der Waals surface area contributed by atoms with E-state index in [0.717, 1.165) is 41.1 Å². The highest BCUT2D eigenvalue weighted by Crippen LogP contribution is 2.43. The van der Waals surface area contributed by atoms with Crippen LogP contribution in [0.4, 0.5) is 5.69 Å². The molecule has 2 heterocycles. The molecule has 0 bridgehead atoms. The van der Waals surface area contributed by atoms with Gasteiger partial charge in [-0.3, -0.25) is 9.00 Å². The van der Waals surface area contributed by atoms with Gasteiger partial charge in [0.1, 0.15) is 5.69 Å². The molecule has 2 aromatic rings. The van der Waals surface area contributed by atoms with Gasteiger partial charge in [-0.2, -0.15) is 0 Å². The average Bonchev–Trinajstić information content (AvgIpc) is 3.52. The van der Waals surface area contributed by atoms with Crippen LogP contribution in [0.25, 0.3) is 10.9 Å². The molecule has 1 aliphatic heterocycles. The van der Waals surface area contributed by atoms with E-state index in [1.54, 1.807) is 13.1 Å². The van der Waals surface area contributed by atoms with Crippen molar-refractivity contribution in [1.82, 2.24) is 15.6 Å². The SMILES string of the molecule is CNC(=O)c1cc(N)c2cc(C3CC3)cc(C(C)(C)C)c2n1.O=S1CCNCC1. The summed E-state index contributed by atoms with van der Waals surface area (Å²) in [5.74, 6) is 2.14. The normalized spacial score (nSPS) is 17.5. The minimum absolute atomic E-state index is 0.0517. The maximum absolute atomic E-state index is 11.9. The first-order valence-electron chi connectivity index (χ1n) is 10.2. The van der Waals surface area contributed by atoms with Crippen molar-refractivity contribution in [3.8, 4) is 0 Å². The Hall–Kier alpha value is -1.99. The molecule has 29 heavy (non-hydrogen) atoms. The predicted octanol–water partition coefficient (Wildman–Crippen LogP) is 2.69. The molecule has 0 radical (unpaired) electrons. The Bertz CT molecular complexity index is 925. The molecule has 158 valence electrons. The van der Waals surface area contributed by atoms with Crippen LogP contribution in [0.5, 0.6) is 0 Å². The van der Waals surface area contributed by atoms with Crippen molar-refractivity contribution in [2.45, 2.75) is 44.9 Å². The van der Waals surface area contributed by atoms with Gasteiger partial charge in [-0.05, 0) is 47.4 Å². The van der Waals surface area contributed by atoms with E-state index in [2.05, 4.69) is 48.5 Å². The highest BCUT2D eigenvalue weighted by atomic mass is 32.2. The van der Waals surface area contributed by atoms with Crippen LogP contribution in [0.3, 0.4) is 0 Å². The first kappa shape index (κ1) is 21.7. The molecule has 7 heteroatoms. The lowest BCUT2D eigenvalue weighted by Gasteiger charge is -2.23. The summed E-state index contributed by atoms with van der Waals surface area (Å²) in [5, 5.41) is 6.70. The topological polar surface area (TPSA) is 97.1 Å². The fraction of sp³-hybridized carbons (Fsp3) is 0.545. The molecule has 6 nitrogen and oxygen atoms in total. The van der Waals surface area contributed by atoms with Crippen LogP contribution in [0.1, 0.15) is 61.1 Å². The van der Waals surface area contributed by atoms with Crippen LogP contribution >= 0.6 is 0 Å². The molecule has 1 saturated carbocycles. The molecule has 1 aliphatic carbocycles. The van der Waals surface area contributed by atoms with Crippen LogP contribution in [0.2, 0.25) is 0 Å². The lowest BCUT2D eigenvalue weighted by atomic mass is 9.83. The second-order valence-electron chi connectivity index (χ2n) is 8.76. The second kappa shape index (κ2) is 8.79. The van der Waals surface area contributed by atoms with Crippen LogP contribution in [-0.2, 0) is 16.2 Å². The molecular weight excluding hydrogens is 384 g/mol. The Morgan fingerprint density at radius 1 is 1.21 bits per heavy atom. The standard InChI is InChI=1S/C18H23N3O.C4H9NOS/c1-18(2,3)13-8-11(10-5-6-10)7-12-14(19)9-15(17(22)20-4)21-16(12)13;6-7-3-1-5-2-4-7/h7-10H,5-6H2,1-4H3,(H2,19,21)(H,20,22);5H,1-4H2. The van der Waals surface area contributed by atoms with Gasteiger partial charge in [0, 0.05) is 53.5 Å². The molecule has 1 aromatic carbocycles. The zero-order valence-corrected chi connectivity index (χ0v) is 18.6. The number of carbonyl (C=O) groups excluding carboxylic acids is 1. The number of hydrogen-bond acceptors (Lipinski definition) is 5. The largest absolute Gasteiger partial charge is 0.398 e. The number of nitrogens with two attached hydrogens (primary N) is 1. The monoisotopic (exact) mass is 416 g/mol. The molecule has 4 rings (SSSR count). The number of aromatic nitrogens is 1. The number of hydrogen-bond donors (Lipinski definition) is 3. The highest BCUT2D eigenvalue weighted by molar-refractivity contribution is 7.85. The Balaban J connectivity index is 0.000000290. The summed E-state index contributed by atoms with van der Waals surface area (Å²) in [4.78, 5) is 16.5. The van der Waals surface area contributed by atoms with Crippen LogP contribution < -0.4 is 16.4 Å². The van der Waals surface area contributed by atoms with Crippen molar-refractivity contribution >= 4 is 33.3 Å². The van der Waals surface area contributed by atoms with Gasteiger partial charge in [0.05, 0.1) is 5.52 Å². The van der Waals surface area contributed by atoms with Crippen LogP contribution in [0, 0.1) is 0 Å². The number of amides is 1. The van der Waals surface area contributed by atoms with Crippen molar-refractivity contribution in [3.63, 3.8) is 0 Å². The molecular formula is C22H32N4O2S. The number of nitrogen functional groups attached to an aromatic ring is 1. The van der Waals surface area contributed by atoms with Gasteiger partial charge in [-0.15, -0.1) is 0 Å². The average molecular weight is 417 g/mol. The van der Waals surface area contributed by atoms with Crippen molar-refractivity contribution in [3.05, 3.63) is 35.0 Å². The van der Waals surface area contributed by atoms with E-state index in [-0.39, 0.29) is 11.3 Å². The Morgan fingerprint density at radius 2 is 1.86 bits per heavy atom. The Kier molecular flexibility index (Phi) is 6.58. The molecule has 0 unspecified atom stereocenters. The molecule has 1 saturated heterocycles. The minimum Gasteiger partial charge on any atom is -0.398 e. The summed E-state index contributed by atoms with van der Waals surface area (Å²) in [6.45, 7) is 8.38. The lowest BCUT2D eigenvalue weighted by molar-refractivity contribution is 0.0958. The van der Waals surface area contributed by atoms with Crippen molar-refractivity contribution in [2.24, 2.45) is 0 Å². The van der Waals surface area contributed by atoms with Crippen LogP contribution in [0.15, 0.2) is 18.2 Å². The molecule has 4 N–H and O–H groups in total. The van der Waals surface area contributed by atoms with Gasteiger partial charge < -0.3 is 16.4 Å². The number of benzene rings is 1. The van der Waals surface area contributed by atoms with E-state index in [9.17, 15) is 9.00 Å². The van der Waals surface area contributed by atoms with Crippen LogP contribution in [-0.4, -0.2) is 46.7 Å². The third-order valence-electron chi connectivity index (χ3n) is 5.30. The Labute approximate surface area is 175 Å². The molecule has 1 amide bonds. The summed E-state index contributed by atoms with van der Waals surface area (Å²) < 4.78 is 10.5. The smallest absolute Gasteiger partial charge is 0.269 e. The molecule has 0 spiro atoms. The number of carbonyl (C=O) groups is 1. The van der Waals surface area contributed by atoms with E-state index in [1.807, 2.05) is 0 Å². The summed E-state index contributed by atoms with van der Waals surface area (Å²) in [6.07, 6.45) is 2.50. The maximum Gasteiger partial charge on any atom is 0.269 e. The molecule has 1 aromatic heterocycles. The third-order valence-corrected chi connectivity index (χ3v) is 6.62. The second-order valence-corrected chi connectivity index (χ2v) is 10.5. The summed E-state index contributed by atoms with van der Waals surface area (Å²) in [7, 11) is 1.10. The van der Waals surface area contributed by atoms with Gasteiger partial charge in [-0.25, -0.2) is 4.98 Å². The zero-order chi connectivity index (χ0) is 21.2. The molecule has 0 atom stereocenters. The van der Waals surface area contributed by atoms with E-state index in [1.165, 1.54) is 18.4 Å². The number of nitrogens with zero attached hydrogens (tertiary/aromatic N) is 1. The first-order chi connectivity index (χ1) is 13.7. The van der Waals surface area contributed by atoms with Gasteiger partial charge in [0.2, 0.25) is 0 Å². The van der Waals surface area contributed by atoms with Crippen molar-refractivity contribution in [1.29, 1.82) is 0 Å².